The maximum atomic E-state index is 10.6. The molecule has 0 atom stereocenters. The number of rotatable bonds is 1. The molecular weight excluding hydrogens is 174 g/mol. The Balaban J connectivity index is 2.70. The van der Waals surface area contributed by atoms with Crippen LogP contribution in [0, 0.1) is 0 Å². The van der Waals surface area contributed by atoms with Crippen LogP contribution in [0.15, 0.2) is 24.3 Å². The van der Waals surface area contributed by atoms with Crippen LogP contribution in [0.3, 0.4) is 0 Å². The van der Waals surface area contributed by atoms with Crippen molar-refractivity contribution in [2.45, 2.75) is 0 Å². The highest BCUT2D eigenvalue weighted by molar-refractivity contribution is 6.36. The van der Waals surface area contributed by atoms with Crippen LogP contribution >= 0.6 is 0 Å². The van der Waals surface area contributed by atoms with E-state index >= 15 is 0 Å². The number of carboxylic acid groups (broad SMARTS) is 1. The lowest BCUT2D eigenvalue weighted by Gasteiger charge is -2.05. The molecule has 0 saturated carbocycles. The number of benzene rings is 1. The molecule has 2 N–H and O–H groups in total. The zero-order chi connectivity index (χ0) is 9.84. The van der Waals surface area contributed by atoms with E-state index in [4.69, 9.17) is 5.11 Å². The lowest BCUT2D eigenvalue weighted by molar-refractivity contribution is -0.268. The van der Waals surface area contributed by atoms with E-state index in [0.29, 0.717) is 0 Å². The molecule has 0 unspecified atom stereocenters. The Kier molecular flexibility index (Phi) is 2.49. The molecule has 13 heavy (non-hydrogen) atoms. The molecule has 5 heteroatoms. The summed E-state index contributed by atoms with van der Waals surface area (Å²) in [5.74, 6) is -2.89. The molecule has 0 bridgehead atoms. The predicted octanol–water partition coefficient (Wildman–Crippen LogP) is -0.217. The van der Waals surface area contributed by atoms with Crippen LogP contribution in [0.4, 0.5) is 5.69 Å². The molecular formula is C8H6NO4-. The van der Waals surface area contributed by atoms with Gasteiger partial charge in [0.05, 0.1) is 0 Å². The summed E-state index contributed by atoms with van der Waals surface area (Å²) in [6.45, 7) is 0. The van der Waals surface area contributed by atoms with Gasteiger partial charge in [0.1, 0.15) is 0 Å². The van der Waals surface area contributed by atoms with Gasteiger partial charge in [-0.05, 0) is 12.1 Å². The smallest absolute Gasteiger partial charge is 0.394 e. The van der Waals surface area contributed by atoms with E-state index in [9.17, 15) is 14.7 Å². The fourth-order valence-electron chi connectivity index (χ4n) is 0.723. The quantitative estimate of drug-likeness (QED) is 0.585. The topological polar surface area (TPSA) is 89.5 Å². The van der Waals surface area contributed by atoms with Crippen molar-refractivity contribution in [2.24, 2.45) is 0 Å². The molecule has 0 spiro atoms. The second-order valence-electron chi connectivity index (χ2n) is 2.28. The summed E-state index contributed by atoms with van der Waals surface area (Å²) in [6, 6.07) is 5.14. The van der Waals surface area contributed by atoms with Crippen LogP contribution in [-0.4, -0.2) is 17.0 Å². The Morgan fingerprint density at radius 2 is 1.77 bits per heavy atom. The molecule has 0 heterocycles. The minimum Gasteiger partial charge on any atom is -0.872 e. The second kappa shape index (κ2) is 3.57. The Hall–Kier alpha value is -2.04. The summed E-state index contributed by atoms with van der Waals surface area (Å²) >= 11 is 0. The third-order valence-corrected chi connectivity index (χ3v) is 1.31. The van der Waals surface area contributed by atoms with Crippen molar-refractivity contribution in [2.75, 3.05) is 5.32 Å². The number of carboxylic acids is 1. The molecule has 1 aromatic carbocycles. The molecule has 0 aromatic heterocycles. The Morgan fingerprint density at radius 3 is 2.23 bits per heavy atom. The van der Waals surface area contributed by atoms with Crippen LogP contribution < -0.4 is 10.4 Å². The minimum atomic E-state index is -1.56. The molecule has 0 saturated heterocycles. The van der Waals surface area contributed by atoms with Crippen molar-refractivity contribution < 1.29 is 19.8 Å². The van der Waals surface area contributed by atoms with Crippen LogP contribution in [0.2, 0.25) is 0 Å². The molecule has 1 aromatic rings. The zero-order valence-corrected chi connectivity index (χ0v) is 6.48. The number of hydrogen-bond acceptors (Lipinski definition) is 3. The normalized spacial score (nSPS) is 9.23. The van der Waals surface area contributed by atoms with E-state index in [1.807, 2.05) is 0 Å². The number of amides is 1. The lowest BCUT2D eigenvalue weighted by atomic mass is 10.3. The van der Waals surface area contributed by atoms with Gasteiger partial charge in [-0.1, -0.05) is 12.1 Å². The monoisotopic (exact) mass is 180 g/mol. The van der Waals surface area contributed by atoms with Gasteiger partial charge in [-0.3, -0.25) is 4.79 Å². The number of nitrogens with one attached hydrogen (secondary N) is 1. The SMILES string of the molecule is O=C(O)C(=O)Nc1ccc([O-])cc1. The molecule has 0 fully saturated rings. The fourth-order valence-corrected chi connectivity index (χ4v) is 0.723. The number of carbonyl (C=O) groups is 2. The first-order valence-corrected chi connectivity index (χ1v) is 3.41. The van der Waals surface area contributed by atoms with Gasteiger partial charge in [-0.2, -0.15) is 0 Å². The predicted molar refractivity (Wildman–Crippen MR) is 42.2 cm³/mol. The number of aliphatic carboxylic acids is 1. The molecule has 5 nitrogen and oxygen atoms in total. The number of hydrogen-bond donors (Lipinski definition) is 2. The van der Waals surface area contributed by atoms with E-state index in [1.165, 1.54) is 24.3 Å². The van der Waals surface area contributed by atoms with Gasteiger partial charge in [0.25, 0.3) is 0 Å². The summed E-state index contributed by atoms with van der Waals surface area (Å²) in [5, 5.41) is 20.9. The molecule has 0 aliphatic rings. The summed E-state index contributed by atoms with van der Waals surface area (Å²) in [5.41, 5.74) is 0.284. The van der Waals surface area contributed by atoms with E-state index in [-0.39, 0.29) is 11.4 Å². The number of anilines is 1. The van der Waals surface area contributed by atoms with Crippen molar-refractivity contribution in [1.29, 1.82) is 0 Å². The standard InChI is InChI=1S/C8H7NO4/c10-6-3-1-5(2-4-6)9-7(11)8(12)13/h1-4,10H,(H,9,11)(H,12,13)/p-1. The third kappa shape index (κ3) is 2.48. The average molecular weight is 180 g/mol. The molecule has 1 amide bonds. The van der Waals surface area contributed by atoms with Crippen LogP contribution in [-0.2, 0) is 9.59 Å². The van der Waals surface area contributed by atoms with Crippen LogP contribution in [0.1, 0.15) is 0 Å². The second-order valence-corrected chi connectivity index (χ2v) is 2.28. The van der Waals surface area contributed by atoms with Gasteiger partial charge in [0.15, 0.2) is 0 Å². The van der Waals surface area contributed by atoms with Gasteiger partial charge in [-0.25, -0.2) is 4.79 Å². The van der Waals surface area contributed by atoms with Crippen molar-refractivity contribution in [1.82, 2.24) is 0 Å². The van der Waals surface area contributed by atoms with E-state index < -0.39 is 11.9 Å². The molecule has 0 aliphatic heterocycles. The lowest BCUT2D eigenvalue weighted by Crippen LogP contribution is -2.21. The highest BCUT2D eigenvalue weighted by Crippen LogP contribution is 2.10. The maximum Gasteiger partial charge on any atom is 0.394 e. The van der Waals surface area contributed by atoms with Crippen LogP contribution in [0.5, 0.6) is 5.75 Å². The van der Waals surface area contributed by atoms with E-state index in [2.05, 4.69) is 5.32 Å². The van der Waals surface area contributed by atoms with Gasteiger partial charge >= 0.3 is 11.9 Å². The zero-order valence-electron chi connectivity index (χ0n) is 6.48. The molecule has 1 rings (SSSR count). The number of carbonyl (C=O) groups excluding carboxylic acids is 1. The average Bonchev–Trinajstić information content (AvgIpc) is 2.08. The van der Waals surface area contributed by atoms with Crippen molar-refractivity contribution in [3.05, 3.63) is 24.3 Å². The highest BCUT2D eigenvalue weighted by Gasteiger charge is 2.09. The first-order valence-electron chi connectivity index (χ1n) is 3.41. The van der Waals surface area contributed by atoms with Gasteiger partial charge in [-0.15, -0.1) is 5.75 Å². The summed E-state index contributed by atoms with van der Waals surface area (Å²) in [4.78, 5) is 20.7. The largest absolute Gasteiger partial charge is 0.872 e. The summed E-state index contributed by atoms with van der Waals surface area (Å²) in [7, 11) is 0. The first-order chi connectivity index (χ1) is 6.09. The van der Waals surface area contributed by atoms with Crippen molar-refractivity contribution in [3.8, 4) is 5.75 Å². The van der Waals surface area contributed by atoms with Crippen LogP contribution in [0.25, 0.3) is 0 Å². The first kappa shape index (κ1) is 9.05. The Morgan fingerprint density at radius 1 is 1.23 bits per heavy atom. The summed E-state index contributed by atoms with van der Waals surface area (Å²) in [6.07, 6.45) is 0. The van der Waals surface area contributed by atoms with Gasteiger partial charge < -0.3 is 15.5 Å². The third-order valence-electron chi connectivity index (χ3n) is 1.31. The van der Waals surface area contributed by atoms with E-state index in [0.717, 1.165) is 0 Å². The van der Waals surface area contributed by atoms with Gasteiger partial charge in [0, 0.05) is 5.69 Å². The minimum absolute atomic E-state index is 0.201. The highest BCUT2D eigenvalue weighted by atomic mass is 16.4. The van der Waals surface area contributed by atoms with Crippen molar-refractivity contribution >= 4 is 17.6 Å². The summed E-state index contributed by atoms with van der Waals surface area (Å²) < 4.78 is 0. The van der Waals surface area contributed by atoms with Gasteiger partial charge in [0.2, 0.25) is 0 Å². The Labute approximate surface area is 73.6 Å². The van der Waals surface area contributed by atoms with E-state index in [1.54, 1.807) is 0 Å². The maximum absolute atomic E-state index is 10.6. The fraction of sp³-hybridized carbons (Fsp3) is 0. The molecule has 0 radical (unpaired) electrons. The molecule has 68 valence electrons. The Bertz CT molecular complexity index is 331. The van der Waals surface area contributed by atoms with Crippen molar-refractivity contribution in [3.63, 3.8) is 0 Å². The molecule has 0 aliphatic carbocycles.